The first kappa shape index (κ1) is 34.2. The summed E-state index contributed by atoms with van der Waals surface area (Å²) in [5, 5.41) is 11.5. The summed E-state index contributed by atoms with van der Waals surface area (Å²) in [5.74, 6) is 2.67. The summed E-state index contributed by atoms with van der Waals surface area (Å²) in [7, 11) is 0. The van der Waals surface area contributed by atoms with Crippen molar-refractivity contribution in [2.45, 2.75) is 138 Å². The molecule has 3 saturated carbocycles. The zero-order valence-electron chi connectivity index (χ0n) is 30.1. The maximum atomic E-state index is 13.7. The van der Waals surface area contributed by atoms with Crippen LogP contribution < -0.4 is 5.73 Å². The fourth-order valence-electron chi connectivity index (χ4n) is 13.0. The lowest BCUT2D eigenvalue weighted by Gasteiger charge is -2.71. The van der Waals surface area contributed by atoms with Crippen LogP contribution in [0.25, 0.3) is 0 Å². The Hall–Kier alpha value is -1.72. The number of carbonyl (C=O) groups excluding carboxylic acids is 2. The number of aliphatic hydroxyl groups excluding tert-OH is 1. The smallest absolute Gasteiger partial charge is 0.309 e. The van der Waals surface area contributed by atoms with Gasteiger partial charge in [-0.25, -0.2) is 0 Å². The van der Waals surface area contributed by atoms with Crippen molar-refractivity contribution in [1.82, 2.24) is 0 Å². The molecule has 5 heteroatoms. The summed E-state index contributed by atoms with van der Waals surface area (Å²) in [6.45, 7) is 17.1. The van der Waals surface area contributed by atoms with E-state index >= 15 is 0 Å². The molecule has 10 atom stereocenters. The lowest BCUT2D eigenvalue weighted by Crippen LogP contribution is -2.64. The Morgan fingerprint density at radius 3 is 2.43 bits per heavy atom. The van der Waals surface area contributed by atoms with Gasteiger partial charge in [-0.3, -0.25) is 9.59 Å². The lowest BCUT2D eigenvalue weighted by molar-refractivity contribution is -0.196. The molecular formula is C41H63NO4. The number of hydrogen-bond acceptors (Lipinski definition) is 5. The minimum atomic E-state index is -0.649. The highest BCUT2D eigenvalue weighted by molar-refractivity contribution is 6.00. The van der Waals surface area contributed by atoms with Gasteiger partial charge in [-0.1, -0.05) is 65.7 Å². The highest BCUT2D eigenvalue weighted by Gasteiger charge is 2.69. The van der Waals surface area contributed by atoms with Crippen molar-refractivity contribution in [3.63, 3.8) is 0 Å². The molecule has 0 aromatic rings. The first-order valence-corrected chi connectivity index (χ1v) is 19.0. The van der Waals surface area contributed by atoms with Crippen molar-refractivity contribution in [2.24, 2.45) is 62.9 Å². The van der Waals surface area contributed by atoms with Gasteiger partial charge in [0.1, 0.15) is 0 Å². The van der Waals surface area contributed by atoms with E-state index in [1.54, 1.807) is 5.57 Å². The van der Waals surface area contributed by atoms with Crippen molar-refractivity contribution in [3.05, 3.63) is 34.4 Å². The number of Topliss-reactive ketones (excluding diaryl/α,β-unsaturated/α-hetero) is 1. The van der Waals surface area contributed by atoms with Crippen LogP contribution in [0.15, 0.2) is 34.4 Å². The van der Waals surface area contributed by atoms with E-state index in [1.165, 1.54) is 43.3 Å². The molecule has 46 heavy (non-hydrogen) atoms. The number of ketones is 1. The van der Waals surface area contributed by atoms with Crippen LogP contribution in [0.3, 0.4) is 0 Å². The molecule has 5 nitrogen and oxygen atoms in total. The van der Waals surface area contributed by atoms with Gasteiger partial charge in [0.15, 0.2) is 5.78 Å². The average Bonchev–Trinajstić information content (AvgIpc) is 3.34. The number of carbonyl (C=O) groups is 2. The van der Waals surface area contributed by atoms with Gasteiger partial charge >= 0.3 is 5.97 Å². The third-order valence-corrected chi connectivity index (χ3v) is 15.3. The van der Waals surface area contributed by atoms with Crippen LogP contribution in [0.1, 0.15) is 132 Å². The number of fused-ring (bicyclic) bond motifs is 7. The SMILES string of the molecule is CCC[C@H]1C(C2=CCC(C(=O)OCC)CC2)=CC[C@]2(C)[C@H]3CC[C@@H]4C5=C(C(C)C)C(=O)C[C@]5([C@@H](O)CN)CC[C@@]4(C)[C@]3(C)CC[C@@H]12. The van der Waals surface area contributed by atoms with Crippen molar-refractivity contribution in [3.8, 4) is 0 Å². The second-order valence-corrected chi connectivity index (χ2v) is 17.4. The zero-order chi connectivity index (χ0) is 33.2. The highest BCUT2D eigenvalue weighted by Crippen LogP contribution is 2.76. The molecule has 1 unspecified atom stereocenters. The number of hydrogen-bond donors (Lipinski definition) is 2. The predicted molar refractivity (Wildman–Crippen MR) is 185 cm³/mol. The van der Waals surface area contributed by atoms with Crippen LogP contribution in [-0.2, 0) is 14.3 Å². The predicted octanol–water partition coefficient (Wildman–Crippen LogP) is 8.50. The van der Waals surface area contributed by atoms with E-state index in [1.807, 2.05) is 6.92 Å². The number of esters is 1. The second kappa shape index (κ2) is 12.3. The van der Waals surface area contributed by atoms with E-state index in [-0.39, 0.29) is 46.4 Å². The molecule has 3 fully saturated rings. The van der Waals surface area contributed by atoms with Crippen LogP contribution in [0, 0.1) is 57.2 Å². The molecule has 0 aromatic heterocycles. The van der Waals surface area contributed by atoms with E-state index < -0.39 is 11.5 Å². The maximum Gasteiger partial charge on any atom is 0.309 e. The van der Waals surface area contributed by atoms with Gasteiger partial charge in [-0.05, 0) is 140 Å². The number of rotatable bonds is 8. The molecule has 0 saturated heterocycles. The lowest BCUT2D eigenvalue weighted by atomic mass is 9.34. The Labute approximate surface area is 279 Å². The fraction of sp³-hybridized carbons (Fsp3) is 0.805. The molecule has 0 amide bonds. The topological polar surface area (TPSA) is 89.6 Å². The molecule has 0 bridgehead atoms. The molecule has 6 aliphatic rings. The number of nitrogens with two attached hydrogens (primary N) is 1. The van der Waals surface area contributed by atoms with E-state index in [9.17, 15) is 14.7 Å². The Morgan fingerprint density at radius 1 is 1.04 bits per heavy atom. The Morgan fingerprint density at radius 2 is 1.80 bits per heavy atom. The molecular weight excluding hydrogens is 570 g/mol. The molecule has 0 aliphatic heterocycles. The van der Waals surface area contributed by atoms with E-state index in [0.717, 1.165) is 50.5 Å². The average molecular weight is 634 g/mol. The standard InChI is InChI=1S/C41H63NO4/c1-8-10-29-28(26-11-13-27(14-12-26)37(45)46-9-2)17-19-38(5)30(29)18-20-40(7)33(38)16-15-31-36-35(25(3)4)32(43)23-41(36,34(44)24-42)22-21-39(31,40)6/h11,17,25,27,29-31,33-34,44H,8-10,12-16,18-24,42H2,1-7H3/t27?,29-,30-,31+,33+,34-,38-,39+,40+,41-/m0/s1. The van der Waals surface area contributed by atoms with Gasteiger partial charge in [0.25, 0.3) is 0 Å². The summed E-state index contributed by atoms with van der Waals surface area (Å²) in [6, 6.07) is 0. The first-order valence-electron chi connectivity index (χ1n) is 19.0. The number of aliphatic hydroxyl groups is 1. The van der Waals surface area contributed by atoms with E-state index in [2.05, 4.69) is 53.7 Å². The molecule has 0 heterocycles. The normalized spacial score (nSPS) is 42.8. The fourth-order valence-corrected chi connectivity index (χ4v) is 13.0. The maximum absolute atomic E-state index is 13.7. The van der Waals surface area contributed by atoms with Crippen LogP contribution in [0.2, 0.25) is 0 Å². The Kier molecular flexibility index (Phi) is 9.14. The van der Waals surface area contributed by atoms with E-state index in [0.29, 0.717) is 36.7 Å². The molecule has 3 N–H and O–H groups in total. The molecule has 0 spiro atoms. The van der Waals surface area contributed by atoms with E-state index in [4.69, 9.17) is 10.5 Å². The summed E-state index contributed by atoms with van der Waals surface area (Å²) < 4.78 is 5.36. The van der Waals surface area contributed by atoms with Crippen molar-refractivity contribution >= 4 is 11.8 Å². The molecule has 6 rings (SSSR count). The quantitative estimate of drug-likeness (QED) is 0.262. The summed E-state index contributed by atoms with van der Waals surface area (Å²) in [4.78, 5) is 26.1. The van der Waals surface area contributed by atoms with Crippen molar-refractivity contribution in [2.75, 3.05) is 13.2 Å². The first-order chi connectivity index (χ1) is 21.8. The summed E-state index contributed by atoms with van der Waals surface area (Å²) >= 11 is 0. The molecule has 0 radical (unpaired) electrons. The van der Waals surface area contributed by atoms with Crippen molar-refractivity contribution in [1.29, 1.82) is 0 Å². The minimum Gasteiger partial charge on any atom is -0.466 e. The summed E-state index contributed by atoms with van der Waals surface area (Å²) in [5.41, 5.74) is 11.7. The second-order valence-electron chi connectivity index (χ2n) is 17.4. The molecule has 0 aromatic carbocycles. The third-order valence-electron chi connectivity index (χ3n) is 15.3. The van der Waals surface area contributed by atoms with Gasteiger partial charge < -0.3 is 15.6 Å². The van der Waals surface area contributed by atoms with Gasteiger partial charge in [-0.2, -0.15) is 0 Å². The molecule has 6 aliphatic carbocycles. The number of ether oxygens (including phenoxy) is 1. The van der Waals surface area contributed by atoms with Crippen LogP contribution >= 0.6 is 0 Å². The van der Waals surface area contributed by atoms with Gasteiger partial charge in [-0.15, -0.1) is 0 Å². The third kappa shape index (κ3) is 4.82. The molecule has 256 valence electrons. The zero-order valence-corrected chi connectivity index (χ0v) is 30.1. The van der Waals surface area contributed by atoms with Crippen LogP contribution in [0.4, 0.5) is 0 Å². The monoisotopic (exact) mass is 633 g/mol. The summed E-state index contributed by atoms with van der Waals surface area (Å²) in [6.07, 6.45) is 17.9. The largest absolute Gasteiger partial charge is 0.466 e. The van der Waals surface area contributed by atoms with Crippen molar-refractivity contribution < 1.29 is 19.4 Å². The number of allylic oxidation sites excluding steroid dienone is 5. The van der Waals surface area contributed by atoms with Gasteiger partial charge in [0, 0.05) is 18.4 Å². The Balaban J connectivity index is 1.34. The van der Waals surface area contributed by atoms with Crippen LogP contribution in [-0.4, -0.2) is 36.1 Å². The Bertz CT molecular complexity index is 1330. The van der Waals surface area contributed by atoms with Gasteiger partial charge in [0.2, 0.25) is 0 Å². The minimum absolute atomic E-state index is 0.00998. The highest BCUT2D eigenvalue weighted by atomic mass is 16.5. The van der Waals surface area contributed by atoms with Crippen LogP contribution in [0.5, 0.6) is 0 Å². The van der Waals surface area contributed by atoms with Gasteiger partial charge in [0.05, 0.1) is 18.6 Å².